The van der Waals surface area contributed by atoms with E-state index in [0.717, 1.165) is 0 Å². The molecule has 3 nitrogen and oxygen atoms in total. The van der Waals surface area contributed by atoms with E-state index in [1.807, 2.05) is 18.2 Å². The summed E-state index contributed by atoms with van der Waals surface area (Å²) < 4.78 is 14.4. The van der Waals surface area contributed by atoms with E-state index in [-0.39, 0.29) is 11.7 Å². The van der Waals surface area contributed by atoms with Crippen molar-refractivity contribution in [2.24, 2.45) is 0 Å². The zero-order valence-electron chi connectivity index (χ0n) is 13.1. The maximum Gasteiger partial charge on any atom is 0.262 e. The van der Waals surface area contributed by atoms with Crippen molar-refractivity contribution in [1.82, 2.24) is 0 Å². The average Bonchev–Trinajstić information content (AvgIpc) is 2.63. The number of halogens is 2. The second-order valence-corrected chi connectivity index (χ2v) is 6.20. The smallest absolute Gasteiger partial charge is 0.262 e. The number of nitrogens with one attached hydrogen (secondary N) is 1. The van der Waals surface area contributed by atoms with E-state index in [0.29, 0.717) is 27.5 Å². The van der Waals surface area contributed by atoms with Gasteiger partial charge in [0.1, 0.15) is 12.0 Å². The van der Waals surface area contributed by atoms with Crippen LogP contribution in [0.15, 0.2) is 72.8 Å². The minimum absolute atomic E-state index is 0.190. The molecule has 1 aliphatic heterocycles. The third kappa shape index (κ3) is 2.75. The van der Waals surface area contributed by atoms with Crippen LogP contribution in [0.2, 0.25) is 5.02 Å². The highest BCUT2D eigenvalue weighted by atomic mass is 35.5. The maximum absolute atomic E-state index is 14.4. The number of fused-ring (bicyclic) bond motifs is 1. The van der Waals surface area contributed by atoms with E-state index in [4.69, 9.17) is 11.6 Å². The van der Waals surface area contributed by atoms with Gasteiger partial charge in [-0.15, -0.1) is 0 Å². The molecule has 0 bridgehead atoms. The summed E-state index contributed by atoms with van der Waals surface area (Å²) in [5.74, 6) is -0.559. The van der Waals surface area contributed by atoms with Gasteiger partial charge in [0.2, 0.25) is 0 Å². The summed E-state index contributed by atoms with van der Waals surface area (Å²) in [7, 11) is 0. The topological polar surface area (TPSA) is 32.3 Å². The molecule has 1 unspecified atom stereocenters. The fourth-order valence-electron chi connectivity index (χ4n) is 3.04. The molecule has 3 aromatic carbocycles. The van der Waals surface area contributed by atoms with Gasteiger partial charge in [0.05, 0.1) is 5.56 Å². The number of anilines is 2. The number of para-hydroxylation sites is 1. The summed E-state index contributed by atoms with van der Waals surface area (Å²) >= 11 is 5.97. The van der Waals surface area contributed by atoms with Gasteiger partial charge < -0.3 is 5.32 Å². The molecule has 25 heavy (non-hydrogen) atoms. The van der Waals surface area contributed by atoms with Crippen molar-refractivity contribution in [3.05, 3.63) is 94.8 Å². The number of rotatable bonds is 2. The van der Waals surface area contributed by atoms with Gasteiger partial charge in [-0.2, -0.15) is 0 Å². The Hall–Kier alpha value is -2.85. The van der Waals surface area contributed by atoms with Gasteiger partial charge in [-0.25, -0.2) is 4.39 Å². The fourth-order valence-corrected chi connectivity index (χ4v) is 3.16. The predicted molar refractivity (Wildman–Crippen MR) is 97.5 cm³/mol. The highest BCUT2D eigenvalue weighted by molar-refractivity contribution is 6.30. The van der Waals surface area contributed by atoms with Crippen molar-refractivity contribution in [3.8, 4) is 0 Å². The van der Waals surface area contributed by atoms with Crippen molar-refractivity contribution < 1.29 is 9.18 Å². The van der Waals surface area contributed by atoms with Crippen LogP contribution in [0.1, 0.15) is 22.1 Å². The molecular formula is C20H14ClFN2O. The van der Waals surface area contributed by atoms with Crippen molar-refractivity contribution in [3.63, 3.8) is 0 Å². The molecule has 0 aliphatic carbocycles. The number of carbonyl (C=O) groups excluding carboxylic acids is 1. The lowest BCUT2D eigenvalue weighted by molar-refractivity contribution is 0.0974. The van der Waals surface area contributed by atoms with Gasteiger partial charge in [-0.05, 0) is 42.5 Å². The van der Waals surface area contributed by atoms with Crippen LogP contribution in [-0.2, 0) is 0 Å². The summed E-state index contributed by atoms with van der Waals surface area (Å²) in [4.78, 5) is 14.7. The molecule has 0 radical (unpaired) electrons. The number of nitrogens with zero attached hydrogens (tertiary/aromatic N) is 1. The van der Waals surface area contributed by atoms with Crippen molar-refractivity contribution in [2.75, 3.05) is 10.2 Å². The maximum atomic E-state index is 14.4. The minimum atomic E-state index is -0.648. The van der Waals surface area contributed by atoms with Gasteiger partial charge >= 0.3 is 0 Å². The lowest BCUT2D eigenvalue weighted by Crippen LogP contribution is -2.43. The lowest BCUT2D eigenvalue weighted by atomic mass is 10.0. The number of amides is 1. The van der Waals surface area contributed by atoms with E-state index in [9.17, 15) is 9.18 Å². The molecule has 1 aliphatic rings. The van der Waals surface area contributed by atoms with E-state index < -0.39 is 6.17 Å². The molecule has 0 saturated carbocycles. The molecular weight excluding hydrogens is 339 g/mol. The summed E-state index contributed by atoms with van der Waals surface area (Å²) in [5, 5.41) is 3.85. The van der Waals surface area contributed by atoms with Crippen LogP contribution in [0.25, 0.3) is 0 Å². The van der Waals surface area contributed by atoms with Gasteiger partial charge in [0, 0.05) is 22.0 Å². The zero-order chi connectivity index (χ0) is 17.4. The molecule has 1 heterocycles. The van der Waals surface area contributed by atoms with Gasteiger partial charge in [0.25, 0.3) is 5.91 Å². The van der Waals surface area contributed by atoms with E-state index in [2.05, 4.69) is 5.32 Å². The van der Waals surface area contributed by atoms with Crippen LogP contribution >= 0.6 is 11.6 Å². The Kier molecular flexibility index (Phi) is 3.90. The van der Waals surface area contributed by atoms with Crippen LogP contribution in [0.3, 0.4) is 0 Å². The highest BCUT2D eigenvalue weighted by Crippen LogP contribution is 2.37. The third-order valence-corrected chi connectivity index (χ3v) is 4.48. The summed E-state index contributed by atoms with van der Waals surface area (Å²) in [5.41, 5.74) is 2.28. The second kappa shape index (κ2) is 6.22. The van der Waals surface area contributed by atoms with Crippen molar-refractivity contribution >= 4 is 28.9 Å². The number of carbonyl (C=O) groups is 1. The summed E-state index contributed by atoms with van der Waals surface area (Å²) in [6.45, 7) is 0. The molecule has 124 valence electrons. The van der Waals surface area contributed by atoms with Gasteiger partial charge in [-0.3, -0.25) is 9.69 Å². The first kappa shape index (κ1) is 15.7. The molecule has 1 amide bonds. The molecule has 4 rings (SSSR count). The Balaban J connectivity index is 1.89. The van der Waals surface area contributed by atoms with Crippen LogP contribution in [0.4, 0.5) is 15.8 Å². The number of hydrogen-bond donors (Lipinski definition) is 1. The largest absolute Gasteiger partial charge is 0.360 e. The SMILES string of the molecule is O=C1c2ccccc2NC(c2ccccc2F)N1c1ccc(Cl)cc1. The Morgan fingerprint density at radius 3 is 2.36 bits per heavy atom. The molecule has 0 spiro atoms. The molecule has 5 heteroatoms. The van der Waals surface area contributed by atoms with Crippen LogP contribution in [-0.4, -0.2) is 5.91 Å². The van der Waals surface area contributed by atoms with E-state index >= 15 is 0 Å². The summed E-state index contributed by atoms with van der Waals surface area (Å²) in [6.07, 6.45) is -0.648. The van der Waals surface area contributed by atoms with Crippen molar-refractivity contribution in [1.29, 1.82) is 0 Å². The Labute approximate surface area is 149 Å². The lowest BCUT2D eigenvalue weighted by Gasteiger charge is -2.38. The number of benzene rings is 3. The molecule has 1 atom stereocenters. The minimum Gasteiger partial charge on any atom is -0.360 e. The predicted octanol–water partition coefficient (Wildman–Crippen LogP) is 5.25. The first-order chi connectivity index (χ1) is 12.1. The fraction of sp³-hybridized carbons (Fsp3) is 0.0500. The Bertz CT molecular complexity index is 942. The van der Waals surface area contributed by atoms with Gasteiger partial charge in [-0.1, -0.05) is 41.9 Å². The molecule has 0 fully saturated rings. The van der Waals surface area contributed by atoms with Crippen LogP contribution in [0.5, 0.6) is 0 Å². The highest BCUT2D eigenvalue weighted by Gasteiger charge is 2.35. The Morgan fingerprint density at radius 2 is 1.60 bits per heavy atom. The van der Waals surface area contributed by atoms with Crippen LogP contribution in [0, 0.1) is 5.82 Å². The normalized spacial score (nSPS) is 16.3. The zero-order valence-corrected chi connectivity index (χ0v) is 13.9. The van der Waals surface area contributed by atoms with Gasteiger partial charge in [0.15, 0.2) is 0 Å². The third-order valence-electron chi connectivity index (χ3n) is 4.23. The molecule has 0 saturated heterocycles. The average molecular weight is 353 g/mol. The van der Waals surface area contributed by atoms with E-state index in [1.54, 1.807) is 53.4 Å². The van der Waals surface area contributed by atoms with Crippen LogP contribution < -0.4 is 10.2 Å². The quantitative estimate of drug-likeness (QED) is 0.683. The Morgan fingerprint density at radius 1 is 0.920 bits per heavy atom. The molecule has 0 aromatic heterocycles. The molecule has 1 N–H and O–H groups in total. The first-order valence-corrected chi connectivity index (χ1v) is 8.22. The number of hydrogen-bond acceptors (Lipinski definition) is 2. The van der Waals surface area contributed by atoms with Crippen molar-refractivity contribution in [2.45, 2.75) is 6.17 Å². The standard InChI is InChI=1S/C20H14ClFN2O/c21-13-9-11-14(12-10-13)24-19(15-5-1-3-7-17(15)22)23-18-8-4-2-6-16(18)20(24)25/h1-12,19,23H. The first-order valence-electron chi connectivity index (χ1n) is 7.84. The second-order valence-electron chi connectivity index (χ2n) is 5.77. The summed E-state index contributed by atoms with van der Waals surface area (Å²) in [6, 6.07) is 20.6. The monoisotopic (exact) mass is 352 g/mol. The van der Waals surface area contributed by atoms with E-state index in [1.165, 1.54) is 6.07 Å². The molecule has 3 aromatic rings.